The molecular formula is C28H41NO4. The molecule has 0 saturated heterocycles. The maximum Gasteiger partial charge on any atom is 0.308 e. The van der Waals surface area contributed by atoms with Crippen LogP contribution in [0, 0.1) is 0 Å². The van der Waals surface area contributed by atoms with Crippen molar-refractivity contribution in [1.29, 1.82) is 0 Å². The summed E-state index contributed by atoms with van der Waals surface area (Å²) in [5, 5.41) is 0. The molecule has 2 aromatic carbocycles. The third-order valence-corrected chi connectivity index (χ3v) is 5.11. The molecule has 0 aliphatic heterocycles. The minimum atomic E-state index is -0.477. The Bertz CT molecular complexity index is 732. The summed E-state index contributed by atoms with van der Waals surface area (Å²) in [4.78, 5) is 14.4. The highest BCUT2D eigenvalue weighted by molar-refractivity contribution is 5.69. The van der Waals surface area contributed by atoms with Gasteiger partial charge in [-0.25, -0.2) is 0 Å². The molecule has 0 aliphatic carbocycles. The standard InChI is InChI=1S/C28H41NO4/c1-5-6-18-31-22-26(23-32-19-17-27(30)33-28(2,3)4)29(20-24-13-9-7-10-14-24)21-25-15-11-8-12-16-25/h7-16,26H,5-6,17-23H2,1-4H3. The van der Waals surface area contributed by atoms with Crippen LogP contribution in [0.3, 0.4) is 0 Å². The molecule has 0 heterocycles. The van der Waals surface area contributed by atoms with Crippen LogP contribution in [0.5, 0.6) is 0 Å². The van der Waals surface area contributed by atoms with Gasteiger partial charge in [0.1, 0.15) is 5.60 Å². The zero-order chi connectivity index (χ0) is 23.9. The molecule has 0 aromatic heterocycles. The Morgan fingerprint density at radius 2 is 1.36 bits per heavy atom. The fraction of sp³-hybridized carbons (Fsp3) is 0.536. The smallest absolute Gasteiger partial charge is 0.308 e. The zero-order valence-electron chi connectivity index (χ0n) is 20.8. The van der Waals surface area contributed by atoms with Crippen LogP contribution in [0.25, 0.3) is 0 Å². The first kappa shape index (κ1) is 27.0. The minimum absolute atomic E-state index is 0.0703. The van der Waals surface area contributed by atoms with Crippen molar-refractivity contribution in [3.8, 4) is 0 Å². The molecule has 0 fully saturated rings. The van der Waals surface area contributed by atoms with Crippen LogP contribution in [-0.4, -0.2) is 48.9 Å². The van der Waals surface area contributed by atoms with E-state index in [2.05, 4.69) is 60.4 Å². The van der Waals surface area contributed by atoms with Crippen LogP contribution < -0.4 is 0 Å². The second-order valence-corrected chi connectivity index (χ2v) is 9.37. The third-order valence-electron chi connectivity index (χ3n) is 5.11. The number of hydrogen-bond donors (Lipinski definition) is 0. The number of carbonyl (C=O) groups is 1. The van der Waals surface area contributed by atoms with Crippen molar-refractivity contribution in [2.75, 3.05) is 26.4 Å². The molecule has 0 N–H and O–H groups in total. The fourth-order valence-corrected chi connectivity index (χ4v) is 3.44. The van der Waals surface area contributed by atoms with Crippen LogP contribution in [0.15, 0.2) is 60.7 Å². The van der Waals surface area contributed by atoms with E-state index in [0.29, 0.717) is 19.8 Å². The Kier molecular flexibility index (Phi) is 12.2. The zero-order valence-corrected chi connectivity index (χ0v) is 20.8. The fourth-order valence-electron chi connectivity index (χ4n) is 3.44. The summed E-state index contributed by atoms with van der Waals surface area (Å²) >= 11 is 0. The van der Waals surface area contributed by atoms with Gasteiger partial charge < -0.3 is 14.2 Å². The number of esters is 1. The van der Waals surface area contributed by atoms with Gasteiger partial charge in [-0.2, -0.15) is 0 Å². The van der Waals surface area contributed by atoms with Crippen molar-refractivity contribution in [3.63, 3.8) is 0 Å². The van der Waals surface area contributed by atoms with E-state index in [0.717, 1.165) is 32.5 Å². The lowest BCUT2D eigenvalue weighted by molar-refractivity contribution is -0.156. The van der Waals surface area contributed by atoms with E-state index in [-0.39, 0.29) is 18.4 Å². The summed E-state index contributed by atoms with van der Waals surface area (Å²) in [6.45, 7) is 11.6. The third kappa shape index (κ3) is 12.0. The molecule has 0 saturated carbocycles. The molecule has 5 heteroatoms. The molecule has 1 atom stereocenters. The van der Waals surface area contributed by atoms with Crippen molar-refractivity contribution < 1.29 is 19.0 Å². The monoisotopic (exact) mass is 455 g/mol. The van der Waals surface area contributed by atoms with Gasteiger partial charge in [-0.1, -0.05) is 74.0 Å². The van der Waals surface area contributed by atoms with E-state index in [4.69, 9.17) is 14.2 Å². The molecule has 0 radical (unpaired) electrons. The average molecular weight is 456 g/mol. The first-order chi connectivity index (χ1) is 15.9. The van der Waals surface area contributed by atoms with E-state index in [1.807, 2.05) is 32.9 Å². The highest BCUT2D eigenvalue weighted by atomic mass is 16.6. The van der Waals surface area contributed by atoms with Gasteiger partial charge in [0.2, 0.25) is 0 Å². The topological polar surface area (TPSA) is 48.0 Å². The van der Waals surface area contributed by atoms with Crippen LogP contribution in [-0.2, 0) is 32.1 Å². The largest absolute Gasteiger partial charge is 0.460 e. The van der Waals surface area contributed by atoms with Gasteiger partial charge in [0.15, 0.2) is 0 Å². The normalized spacial score (nSPS) is 12.6. The average Bonchev–Trinajstić information content (AvgIpc) is 2.78. The molecule has 0 bridgehead atoms. The lowest BCUT2D eigenvalue weighted by Crippen LogP contribution is -2.41. The van der Waals surface area contributed by atoms with Crippen LogP contribution in [0.1, 0.15) is 58.1 Å². The highest BCUT2D eigenvalue weighted by Crippen LogP contribution is 2.15. The predicted molar refractivity (Wildman–Crippen MR) is 133 cm³/mol. The summed E-state index contributed by atoms with van der Waals surface area (Å²) in [5.74, 6) is -0.233. The molecule has 1 unspecified atom stereocenters. The van der Waals surface area contributed by atoms with Gasteiger partial charge in [0.05, 0.1) is 32.3 Å². The maximum atomic E-state index is 12.0. The first-order valence-corrected chi connectivity index (χ1v) is 12.1. The Labute approximate surface area is 200 Å². The van der Waals surface area contributed by atoms with E-state index in [9.17, 15) is 4.79 Å². The van der Waals surface area contributed by atoms with E-state index in [1.165, 1.54) is 11.1 Å². The van der Waals surface area contributed by atoms with Crippen LogP contribution in [0.4, 0.5) is 0 Å². The summed E-state index contributed by atoms with van der Waals surface area (Å²) in [5.41, 5.74) is 2.02. The van der Waals surface area contributed by atoms with E-state index >= 15 is 0 Å². The highest BCUT2D eigenvalue weighted by Gasteiger charge is 2.21. The predicted octanol–water partition coefficient (Wildman–Crippen LogP) is 5.62. The van der Waals surface area contributed by atoms with Crippen LogP contribution >= 0.6 is 0 Å². The number of carbonyl (C=O) groups excluding carboxylic acids is 1. The number of hydrogen-bond acceptors (Lipinski definition) is 5. The molecular weight excluding hydrogens is 414 g/mol. The molecule has 2 aromatic rings. The number of nitrogens with zero attached hydrogens (tertiary/aromatic N) is 1. The number of ether oxygens (including phenoxy) is 3. The molecule has 0 aliphatic rings. The Morgan fingerprint density at radius 1 is 0.848 bits per heavy atom. The Balaban J connectivity index is 2.04. The number of rotatable bonds is 15. The first-order valence-electron chi connectivity index (χ1n) is 12.1. The maximum absolute atomic E-state index is 12.0. The quantitative estimate of drug-likeness (QED) is 0.258. The summed E-state index contributed by atoms with van der Waals surface area (Å²) < 4.78 is 17.4. The molecule has 2 rings (SSSR count). The lowest BCUT2D eigenvalue weighted by Gasteiger charge is -2.32. The molecule has 0 amide bonds. The van der Waals surface area contributed by atoms with Gasteiger partial charge in [-0.15, -0.1) is 0 Å². The van der Waals surface area contributed by atoms with E-state index in [1.54, 1.807) is 0 Å². The lowest BCUT2D eigenvalue weighted by atomic mass is 10.1. The molecule has 0 spiro atoms. The van der Waals surface area contributed by atoms with Crippen molar-refractivity contribution in [2.24, 2.45) is 0 Å². The van der Waals surface area contributed by atoms with Crippen molar-refractivity contribution in [1.82, 2.24) is 4.90 Å². The SMILES string of the molecule is CCCCOCC(COCCC(=O)OC(C)(C)C)N(Cc1ccccc1)Cc1ccccc1. The van der Waals surface area contributed by atoms with E-state index < -0.39 is 5.60 Å². The van der Waals surface area contributed by atoms with Gasteiger partial charge in [-0.3, -0.25) is 9.69 Å². The second kappa shape index (κ2) is 14.8. The number of unbranched alkanes of at least 4 members (excludes halogenated alkanes) is 1. The summed E-state index contributed by atoms with van der Waals surface area (Å²) in [7, 11) is 0. The van der Waals surface area contributed by atoms with Crippen molar-refractivity contribution in [3.05, 3.63) is 71.8 Å². The van der Waals surface area contributed by atoms with Crippen LogP contribution in [0.2, 0.25) is 0 Å². The number of benzene rings is 2. The van der Waals surface area contributed by atoms with Gasteiger partial charge in [0, 0.05) is 19.7 Å². The minimum Gasteiger partial charge on any atom is -0.460 e. The molecule has 182 valence electrons. The molecule has 33 heavy (non-hydrogen) atoms. The van der Waals surface area contributed by atoms with Gasteiger partial charge >= 0.3 is 5.97 Å². The summed E-state index contributed by atoms with van der Waals surface area (Å²) in [6.07, 6.45) is 2.40. The summed E-state index contributed by atoms with van der Waals surface area (Å²) in [6, 6.07) is 21.0. The Morgan fingerprint density at radius 3 is 1.85 bits per heavy atom. The van der Waals surface area contributed by atoms with Gasteiger partial charge in [-0.05, 0) is 38.3 Å². The van der Waals surface area contributed by atoms with Crippen molar-refractivity contribution in [2.45, 2.75) is 71.7 Å². The van der Waals surface area contributed by atoms with Crippen molar-refractivity contribution >= 4 is 5.97 Å². The Hall–Kier alpha value is -2.21. The van der Waals surface area contributed by atoms with Gasteiger partial charge in [0.25, 0.3) is 0 Å². The molecule has 5 nitrogen and oxygen atoms in total. The second-order valence-electron chi connectivity index (χ2n) is 9.37.